The molecule has 2 amide bonds. The van der Waals surface area contributed by atoms with E-state index in [1.54, 1.807) is 0 Å². The van der Waals surface area contributed by atoms with E-state index in [2.05, 4.69) is 15.6 Å². The van der Waals surface area contributed by atoms with Crippen molar-refractivity contribution in [3.63, 3.8) is 0 Å². The zero-order chi connectivity index (χ0) is 25.9. The van der Waals surface area contributed by atoms with Gasteiger partial charge in [-0.1, -0.05) is 17.7 Å². The first-order valence-electron chi connectivity index (χ1n) is 13.7. The molecule has 1 heterocycles. The van der Waals surface area contributed by atoms with E-state index in [9.17, 15) is 9.59 Å². The molecule has 4 fully saturated rings. The Labute approximate surface area is 222 Å². The van der Waals surface area contributed by atoms with Crippen LogP contribution in [-0.4, -0.2) is 21.8 Å². The fourth-order valence-corrected chi connectivity index (χ4v) is 7.50. The zero-order valence-electron chi connectivity index (χ0n) is 21.6. The lowest BCUT2D eigenvalue weighted by Crippen LogP contribution is -2.51. The van der Waals surface area contributed by atoms with Gasteiger partial charge in [-0.3, -0.25) is 9.59 Å². The van der Waals surface area contributed by atoms with Gasteiger partial charge in [-0.25, -0.2) is 4.98 Å². The Bertz CT molecular complexity index is 1500. The topological polar surface area (TPSA) is 86.9 Å². The van der Waals surface area contributed by atoms with Crippen molar-refractivity contribution in [2.75, 3.05) is 10.6 Å². The molecular weight excluding hydrogens is 472 g/mol. The molecule has 0 spiro atoms. The van der Waals surface area contributed by atoms with Gasteiger partial charge in [-0.15, -0.1) is 0 Å². The summed E-state index contributed by atoms with van der Waals surface area (Å²) >= 11 is 0. The normalized spacial score (nSPS) is 25.4. The number of amides is 2. The molecule has 4 bridgehead atoms. The molecule has 6 heteroatoms. The number of imidazole rings is 1. The number of aryl methyl sites for hydroxylation is 1. The van der Waals surface area contributed by atoms with Crippen molar-refractivity contribution in [1.82, 2.24) is 9.97 Å². The third kappa shape index (κ3) is 4.18. The molecule has 0 aliphatic heterocycles. The number of fused-ring (bicyclic) bond motifs is 1. The summed E-state index contributed by atoms with van der Waals surface area (Å²) in [6, 6.07) is 21.1. The monoisotopic (exact) mass is 504 g/mol. The van der Waals surface area contributed by atoms with Crippen LogP contribution < -0.4 is 10.6 Å². The number of hydrogen-bond acceptors (Lipinski definition) is 3. The molecular formula is C32H32N4O2. The SMILES string of the molecule is Cc1ccc(C(=O)Nc2ccc(-c3nc4ccc(NC(=O)C56CC7CC(CC(C7)C5)C6)cc4[nH]3)cc2)cc1. The standard InChI is InChI=1S/C32H32N4O2/c1-19-2-4-24(5-3-19)30(37)33-25-8-6-23(7-9-25)29-35-27-11-10-26(15-28(27)36-29)34-31(38)32-16-20-12-21(17-32)14-22(13-20)18-32/h2-11,15,20-22H,12-14,16-18H2,1H3,(H,33,37)(H,34,38)(H,35,36). The lowest BCUT2D eigenvalue weighted by Gasteiger charge is -2.55. The van der Waals surface area contributed by atoms with Gasteiger partial charge in [-0.2, -0.15) is 0 Å². The first kappa shape index (κ1) is 23.2. The molecule has 3 N–H and O–H groups in total. The summed E-state index contributed by atoms with van der Waals surface area (Å²) in [5.41, 5.74) is 5.79. The molecule has 0 saturated heterocycles. The minimum absolute atomic E-state index is 0.135. The van der Waals surface area contributed by atoms with Crippen LogP contribution in [0.5, 0.6) is 0 Å². The van der Waals surface area contributed by atoms with Gasteiger partial charge < -0.3 is 15.6 Å². The number of H-pyrrole nitrogens is 1. The van der Waals surface area contributed by atoms with Crippen molar-refractivity contribution in [1.29, 1.82) is 0 Å². The summed E-state index contributed by atoms with van der Waals surface area (Å²) in [6.07, 6.45) is 7.16. The maximum atomic E-state index is 13.5. The van der Waals surface area contributed by atoms with Gasteiger partial charge in [0.1, 0.15) is 5.82 Å². The molecule has 4 aliphatic carbocycles. The predicted molar refractivity (Wildman–Crippen MR) is 150 cm³/mol. The molecule has 0 unspecified atom stereocenters. The second kappa shape index (κ2) is 8.83. The maximum Gasteiger partial charge on any atom is 0.255 e. The fraction of sp³-hybridized carbons (Fsp3) is 0.344. The van der Waals surface area contributed by atoms with Gasteiger partial charge in [0, 0.05) is 22.5 Å². The zero-order valence-corrected chi connectivity index (χ0v) is 21.6. The van der Waals surface area contributed by atoms with Crippen molar-refractivity contribution in [2.45, 2.75) is 45.4 Å². The van der Waals surface area contributed by atoms with Crippen molar-refractivity contribution >= 4 is 34.2 Å². The highest BCUT2D eigenvalue weighted by atomic mass is 16.2. The molecule has 1 aromatic heterocycles. The number of hydrogen-bond donors (Lipinski definition) is 3. The number of benzene rings is 3. The molecule has 4 aromatic rings. The smallest absolute Gasteiger partial charge is 0.255 e. The van der Waals surface area contributed by atoms with Crippen LogP contribution in [0.2, 0.25) is 0 Å². The number of nitrogens with one attached hydrogen (secondary N) is 3. The summed E-state index contributed by atoms with van der Waals surface area (Å²) in [6.45, 7) is 2.00. The van der Waals surface area contributed by atoms with Crippen molar-refractivity contribution in [3.8, 4) is 11.4 Å². The van der Waals surface area contributed by atoms with E-state index in [0.717, 1.165) is 76.4 Å². The number of rotatable bonds is 5. The minimum Gasteiger partial charge on any atom is -0.338 e. The van der Waals surface area contributed by atoms with E-state index in [0.29, 0.717) is 5.56 Å². The van der Waals surface area contributed by atoms with E-state index in [4.69, 9.17) is 4.98 Å². The first-order valence-corrected chi connectivity index (χ1v) is 13.7. The minimum atomic E-state index is -0.167. The Kier molecular flexibility index (Phi) is 5.39. The van der Waals surface area contributed by atoms with Crippen LogP contribution in [0.4, 0.5) is 11.4 Å². The molecule has 0 atom stereocenters. The summed E-state index contributed by atoms with van der Waals surface area (Å²) in [5, 5.41) is 6.20. The Morgan fingerprint density at radius 1 is 0.816 bits per heavy atom. The highest BCUT2D eigenvalue weighted by Crippen LogP contribution is 2.60. The van der Waals surface area contributed by atoms with Crippen LogP contribution in [0.3, 0.4) is 0 Å². The van der Waals surface area contributed by atoms with Gasteiger partial charge in [0.05, 0.1) is 16.4 Å². The molecule has 192 valence electrons. The first-order chi connectivity index (χ1) is 18.4. The number of anilines is 2. The van der Waals surface area contributed by atoms with Crippen LogP contribution in [0.1, 0.15) is 54.4 Å². The van der Waals surface area contributed by atoms with E-state index in [1.807, 2.05) is 73.7 Å². The van der Waals surface area contributed by atoms with Crippen LogP contribution in [0.15, 0.2) is 66.7 Å². The average molecular weight is 505 g/mol. The van der Waals surface area contributed by atoms with Crippen LogP contribution in [0.25, 0.3) is 22.4 Å². The lowest BCUT2D eigenvalue weighted by atomic mass is 9.49. The molecule has 6 nitrogen and oxygen atoms in total. The number of carbonyl (C=O) groups is 2. The molecule has 3 aromatic carbocycles. The number of nitrogens with zero attached hydrogens (tertiary/aromatic N) is 1. The molecule has 38 heavy (non-hydrogen) atoms. The Balaban J connectivity index is 1.05. The van der Waals surface area contributed by atoms with Crippen molar-refractivity contribution in [3.05, 3.63) is 77.9 Å². The Hall–Kier alpha value is -3.93. The van der Waals surface area contributed by atoms with E-state index >= 15 is 0 Å². The second-order valence-electron chi connectivity index (χ2n) is 11.9. The summed E-state index contributed by atoms with van der Waals surface area (Å²) in [5.74, 6) is 3.05. The largest absolute Gasteiger partial charge is 0.338 e. The molecule has 0 radical (unpaired) electrons. The number of carbonyl (C=O) groups excluding carboxylic acids is 2. The number of aromatic nitrogens is 2. The Morgan fingerprint density at radius 3 is 2.11 bits per heavy atom. The highest BCUT2D eigenvalue weighted by Gasteiger charge is 2.54. The number of aromatic amines is 1. The van der Waals surface area contributed by atoms with E-state index in [1.165, 1.54) is 19.3 Å². The predicted octanol–water partition coefficient (Wildman–Crippen LogP) is 6.95. The van der Waals surface area contributed by atoms with Crippen LogP contribution >= 0.6 is 0 Å². The second-order valence-corrected chi connectivity index (χ2v) is 11.9. The quantitative estimate of drug-likeness (QED) is 0.275. The van der Waals surface area contributed by atoms with Crippen LogP contribution in [-0.2, 0) is 4.79 Å². The third-order valence-corrected chi connectivity index (χ3v) is 8.99. The van der Waals surface area contributed by atoms with Crippen molar-refractivity contribution in [2.24, 2.45) is 23.2 Å². The van der Waals surface area contributed by atoms with Gasteiger partial charge in [0.25, 0.3) is 5.91 Å². The van der Waals surface area contributed by atoms with Gasteiger partial charge in [0.2, 0.25) is 5.91 Å². The van der Waals surface area contributed by atoms with Crippen LogP contribution in [0, 0.1) is 30.1 Å². The maximum absolute atomic E-state index is 13.5. The lowest BCUT2D eigenvalue weighted by molar-refractivity contribution is -0.140. The average Bonchev–Trinajstić information content (AvgIpc) is 3.32. The van der Waals surface area contributed by atoms with E-state index in [-0.39, 0.29) is 17.2 Å². The molecule has 4 saturated carbocycles. The fourth-order valence-electron chi connectivity index (χ4n) is 7.50. The third-order valence-electron chi connectivity index (χ3n) is 8.99. The highest BCUT2D eigenvalue weighted by molar-refractivity contribution is 6.04. The Morgan fingerprint density at radius 2 is 1.45 bits per heavy atom. The molecule has 8 rings (SSSR count). The van der Waals surface area contributed by atoms with E-state index < -0.39 is 0 Å². The van der Waals surface area contributed by atoms with Crippen molar-refractivity contribution < 1.29 is 9.59 Å². The van der Waals surface area contributed by atoms with Gasteiger partial charge in [0.15, 0.2) is 0 Å². The summed E-state index contributed by atoms with van der Waals surface area (Å²) in [7, 11) is 0. The summed E-state index contributed by atoms with van der Waals surface area (Å²) < 4.78 is 0. The van der Waals surface area contributed by atoms with Gasteiger partial charge >= 0.3 is 0 Å². The van der Waals surface area contributed by atoms with Gasteiger partial charge in [-0.05, 0) is 118 Å². The summed E-state index contributed by atoms with van der Waals surface area (Å²) in [4.78, 5) is 34.2. The molecule has 4 aliphatic rings.